The summed E-state index contributed by atoms with van der Waals surface area (Å²) in [4.78, 5) is 7.52. The van der Waals surface area contributed by atoms with E-state index in [2.05, 4.69) is 9.80 Å². The van der Waals surface area contributed by atoms with Gasteiger partial charge in [0, 0.05) is 65.4 Å². The number of fused-ring (bicyclic) bond motifs is 10. The highest BCUT2D eigenvalue weighted by molar-refractivity contribution is 7.93. The second-order valence-corrected chi connectivity index (χ2v) is 20.7. The van der Waals surface area contributed by atoms with Crippen LogP contribution in [0.1, 0.15) is 0 Å². The Kier molecular flexibility index (Phi) is 9.20. The van der Waals surface area contributed by atoms with Crippen molar-refractivity contribution in [3.63, 3.8) is 0 Å². The molecule has 12 rings (SSSR count). The van der Waals surface area contributed by atoms with Crippen LogP contribution < -0.4 is 9.80 Å². The normalized spacial score (nSPS) is 13.7. The lowest BCUT2D eigenvalue weighted by atomic mass is 10.1. The lowest BCUT2D eigenvalue weighted by Gasteiger charge is -2.25. The number of hydrogen-bond acceptors (Lipinski definition) is 8. The fourth-order valence-electron chi connectivity index (χ4n) is 8.47. The summed E-state index contributed by atoms with van der Waals surface area (Å²) in [5, 5.41) is 1.62. The van der Waals surface area contributed by atoms with E-state index in [-0.39, 0.29) is 0 Å². The second-order valence-electron chi connectivity index (χ2n) is 14.9. The Bertz CT molecular complexity index is 3240. The molecule has 0 amide bonds. The van der Waals surface area contributed by atoms with Crippen molar-refractivity contribution in [2.24, 2.45) is 0 Å². The Hall–Kier alpha value is -6.82. The molecule has 0 spiro atoms. The van der Waals surface area contributed by atoms with Crippen LogP contribution in [0.4, 0.5) is 34.1 Å². The molecule has 0 atom stereocenters. The van der Waals surface area contributed by atoms with Crippen LogP contribution in [0.15, 0.2) is 226 Å². The van der Waals surface area contributed by atoms with E-state index < -0.39 is 19.7 Å². The Morgan fingerprint density at radius 2 is 0.629 bits per heavy atom. The number of anilines is 6. The van der Waals surface area contributed by atoms with Gasteiger partial charge in [-0.3, -0.25) is 0 Å². The van der Waals surface area contributed by atoms with Gasteiger partial charge in [-0.05, 0) is 84.9 Å². The van der Waals surface area contributed by atoms with E-state index in [1.165, 1.54) is 0 Å². The van der Waals surface area contributed by atoms with Crippen LogP contribution >= 0.6 is 22.7 Å². The molecule has 2 aromatic heterocycles. The molecule has 0 fully saturated rings. The fraction of sp³-hybridized carbons (Fsp3) is 0. The number of hydrogen-bond donors (Lipinski definition) is 0. The quantitative estimate of drug-likeness (QED) is 0.166. The first-order valence-electron chi connectivity index (χ1n) is 19.9. The maximum absolute atomic E-state index is 13.6. The van der Waals surface area contributed by atoms with Crippen LogP contribution in [-0.4, -0.2) is 16.8 Å². The average molecular weight is 879 g/mol. The van der Waals surface area contributed by atoms with E-state index >= 15 is 0 Å². The van der Waals surface area contributed by atoms with Crippen LogP contribution in [0, 0.1) is 0 Å². The minimum Gasteiger partial charge on any atom is -0.310 e. The largest absolute Gasteiger partial charge is 0.310 e. The Morgan fingerprint density at radius 3 is 0.968 bits per heavy atom. The van der Waals surface area contributed by atoms with Crippen LogP contribution in [0.2, 0.25) is 0 Å². The van der Waals surface area contributed by atoms with Crippen molar-refractivity contribution in [2.45, 2.75) is 19.6 Å². The highest BCUT2D eigenvalue weighted by atomic mass is 32.2. The van der Waals surface area contributed by atoms with Crippen LogP contribution in [-0.2, 0) is 19.7 Å². The summed E-state index contributed by atoms with van der Waals surface area (Å²) >= 11 is 3.09. The zero-order chi connectivity index (χ0) is 42.0. The third-order valence-electron chi connectivity index (χ3n) is 11.2. The summed E-state index contributed by atoms with van der Waals surface area (Å²) in [5.41, 5.74) is 7.13. The lowest BCUT2D eigenvalue weighted by molar-refractivity contribution is 0.598. The predicted molar refractivity (Wildman–Crippen MR) is 255 cm³/mol. The Morgan fingerprint density at radius 1 is 0.323 bits per heavy atom. The van der Waals surface area contributed by atoms with Gasteiger partial charge in [0.25, 0.3) is 0 Å². The van der Waals surface area contributed by atoms with Crippen molar-refractivity contribution in [1.82, 2.24) is 0 Å². The van der Waals surface area contributed by atoms with Crippen molar-refractivity contribution in [2.75, 3.05) is 9.80 Å². The van der Waals surface area contributed by atoms with Gasteiger partial charge in [-0.25, -0.2) is 16.8 Å². The maximum atomic E-state index is 13.6. The molecule has 10 heteroatoms. The fourth-order valence-corrected chi connectivity index (χ4v) is 15.5. The van der Waals surface area contributed by atoms with E-state index in [9.17, 15) is 16.8 Å². The molecule has 0 saturated carbocycles. The number of rotatable bonds is 6. The zero-order valence-corrected chi connectivity index (χ0v) is 36.1. The van der Waals surface area contributed by atoms with Gasteiger partial charge in [-0.1, -0.05) is 121 Å². The topological polar surface area (TPSA) is 74.8 Å². The summed E-state index contributed by atoms with van der Waals surface area (Å²) in [6.45, 7) is 0. The molecule has 4 heterocycles. The first-order chi connectivity index (χ1) is 30.3. The van der Waals surface area contributed by atoms with Crippen LogP contribution in [0.25, 0.3) is 41.1 Å². The van der Waals surface area contributed by atoms with Gasteiger partial charge in [0.05, 0.1) is 29.3 Å². The SMILES string of the molecule is O=S1(=O)c2cc(N(c3ccccc3)c3ccccc3)ccc2-c2sc3ccccc3c21.O=S1(=O)c2cc(N(c3ccccc3)c3ccccc3)ccc2-c2sc3ccccc3c21. The molecule has 2 aliphatic heterocycles. The summed E-state index contributed by atoms with van der Waals surface area (Å²) < 4.78 is 56.3. The average Bonchev–Trinajstić information content (AvgIpc) is 4.02. The molecule has 0 unspecified atom stereocenters. The Balaban J connectivity index is 0.000000139. The maximum Gasteiger partial charge on any atom is 0.209 e. The van der Waals surface area contributed by atoms with Gasteiger partial charge in [0.15, 0.2) is 0 Å². The highest BCUT2D eigenvalue weighted by Gasteiger charge is 2.39. The van der Waals surface area contributed by atoms with Gasteiger partial charge in [-0.2, -0.15) is 0 Å². The highest BCUT2D eigenvalue weighted by Crippen LogP contribution is 2.54. The van der Waals surface area contributed by atoms with E-state index in [4.69, 9.17) is 0 Å². The summed E-state index contributed by atoms with van der Waals surface area (Å²) in [6.07, 6.45) is 0. The zero-order valence-electron chi connectivity index (χ0n) is 32.8. The molecule has 6 nitrogen and oxygen atoms in total. The summed E-state index contributed by atoms with van der Waals surface area (Å²) in [5.74, 6) is 0. The van der Waals surface area contributed by atoms with Crippen molar-refractivity contribution >= 4 is 96.6 Å². The minimum atomic E-state index is -3.58. The number of thiophene rings is 2. The van der Waals surface area contributed by atoms with Crippen molar-refractivity contribution in [1.29, 1.82) is 0 Å². The second kappa shape index (κ2) is 15.0. The number of nitrogens with zero attached hydrogens (tertiary/aromatic N) is 2. The Labute approximate surface area is 367 Å². The van der Waals surface area contributed by atoms with E-state index in [0.717, 1.165) is 75.2 Å². The van der Waals surface area contributed by atoms with Crippen LogP contribution in [0.5, 0.6) is 0 Å². The number of sulfone groups is 2. The van der Waals surface area contributed by atoms with E-state index in [1.54, 1.807) is 22.7 Å². The van der Waals surface area contributed by atoms with Gasteiger partial charge in [-0.15, -0.1) is 22.7 Å². The number of benzene rings is 8. The predicted octanol–water partition coefficient (Wildman–Crippen LogP) is 14.4. The van der Waals surface area contributed by atoms with E-state index in [0.29, 0.717) is 19.6 Å². The third-order valence-corrected chi connectivity index (χ3v) is 17.6. The molecule has 0 aliphatic carbocycles. The minimum absolute atomic E-state index is 0.383. The van der Waals surface area contributed by atoms with Crippen molar-refractivity contribution in [3.05, 3.63) is 206 Å². The van der Waals surface area contributed by atoms with Gasteiger partial charge >= 0.3 is 0 Å². The first-order valence-corrected chi connectivity index (χ1v) is 24.5. The molecule has 62 heavy (non-hydrogen) atoms. The molecule has 10 aromatic rings. The van der Waals surface area contributed by atoms with Crippen molar-refractivity contribution in [3.8, 4) is 20.9 Å². The molecular formula is C52H34N2O4S4. The molecule has 0 radical (unpaired) electrons. The molecule has 300 valence electrons. The van der Waals surface area contributed by atoms with Gasteiger partial charge in [0.1, 0.15) is 0 Å². The van der Waals surface area contributed by atoms with E-state index in [1.807, 2.05) is 206 Å². The molecular weight excluding hydrogens is 845 g/mol. The molecule has 0 bridgehead atoms. The first kappa shape index (κ1) is 38.1. The van der Waals surface area contributed by atoms with Crippen molar-refractivity contribution < 1.29 is 16.8 Å². The third kappa shape index (κ3) is 6.17. The number of para-hydroxylation sites is 4. The monoisotopic (exact) mass is 878 g/mol. The smallest absolute Gasteiger partial charge is 0.209 e. The molecule has 0 saturated heterocycles. The van der Waals surface area contributed by atoms with Crippen LogP contribution in [0.3, 0.4) is 0 Å². The summed E-state index contributed by atoms with van der Waals surface area (Å²) in [6, 6.07) is 67.0. The van der Waals surface area contributed by atoms with Gasteiger partial charge < -0.3 is 9.80 Å². The van der Waals surface area contributed by atoms with Gasteiger partial charge in [0.2, 0.25) is 19.7 Å². The lowest BCUT2D eigenvalue weighted by Crippen LogP contribution is -2.10. The molecule has 0 N–H and O–H groups in total. The molecule has 8 aromatic carbocycles. The summed E-state index contributed by atoms with van der Waals surface area (Å²) in [7, 11) is -7.17. The molecule has 2 aliphatic rings. The standard InChI is InChI=1S/2C26H17NO2S2/c2*28-31(29)24-17-20(27(18-9-3-1-4-10-18)19-11-5-2-6-12-19)15-16-22(24)25-26(31)21-13-7-8-14-23(21)30-25/h2*1-17H.